The third-order valence-corrected chi connectivity index (χ3v) is 8.04. The normalized spacial score (nSPS) is 17.2. The van der Waals surface area contributed by atoms with E-state index in [0.717, 1.165) is 12.2 Å². The van der Waals surface area contributed by atoms with Gasteiger partial charge in [0, 0.05) is 13.1 Å². The molecular weight excluding hydrogens is 471 g/mol. The van der Waals surface area contributed by atoms with Crippen molar-refractivity contribution < 1.29 is 17.9 Å². The predicted molar refractivity (Wildman–Crippen MR) is 128 cm³/mol. The van der Waals surface area contributed by atoms with Gasteiger partial charge in [0.05, 0.1) is 28.3 Å². The van der Waals surface area contributed by atoms with Gasteiger partial charge < -0.3 is 10.1 Å². The fourth-order valence-corrected chi connectivity index (χ4v) is 5.57. The van der Waals surface area contributed by atoms with Crippen LogP contribution in [-0.4, -0.2) is 44.9 Å². The second-order valence-electron chi connectivity index (χ2n) is 7.84. The first-order valence-corrected chi connectivity index (χ1v) is 13.1. The number of carbonyl (C=O) groups is 1. The SMILES string of the molecule is CCc1ccc(OCCNC(=O)[C@H]2CCCN(S(=O)(=O)Cc3ccc(Cl)c(Cl)c3)C2)cc1. The molecule has 1 aliphatic heterocycles. The molecular formula is C23H28Cl2N2O4S. The summed E-state index contributed by atoms with van der Waals surface area (Å²) in [6, 6.07) is 12.7. The molecule has 0 aliphatic carbocycles. The maximum absolute atomic E-state index is 12.9. The van der Waals surface area contributed by atoms with E-state index in [-0.39, 0.29) is 24.1 Å². The zero-order chi connectivity index (χ0) is 23.1. The summed E-state index contributed by atoms with van der Waals surface area (Å²) in [6.45, 7) is 3.39. The first-order chi connectivity index (χ1) is 15.3. The van der Waals surface area contributed by atoms with Crippen LogP contribution in [0.25, 0.3) is 0 Å². The number of sulfonamides is 1. The lowest BCUT2D eigenvalue weighted by Crippen LogP contribution is -2.46. The number of benzene rings is 2. The van der Waals surface area contributed by atoms with Crippen molar-refractivity contribution in [2.75, 3.05) is 26.2 Å². The molecule has 2 aromatic rings. The molecule has 1 saturated heterocycles. The van der Waals surface area contributed by atoms with Crippen molar-refractivity contribution >= 4 is 39.1 Å². The predicted octanol–water partition coefficient (Wildman–Crippen LogP) is 4.29. The second kappa shape index (κ2) is 11.4. The van der Waals surface area contributed by atoms with Crippen molar-refractivity contribution in [1.82, 2.24) is 9.62 Å². The lowest BCUT2D eigenvalue weighted by Gasteiger charge is -2.31. The largest absolute Gasteiger partial charge is 0.492 e. The minimum absolute atomic E-state index is 0.149. The van der Waals surface area contributed by atoms with Crippen molar-refractivity contribution in [1.29, 1.82) is 0 Å². The molecule has 6 nitrogen and oxygen atoms in total. The molecule has 1 heterocycles. The number of nitrogens with one attached hydrogen (secondary N) is 1. The van der Waals surface area contributed by atoms with Gasteiger partial charge in [0.25, 0.3) is 0 Å². The molecule has 3 rings (SSSR count). The van der Waals surface area contributed by atoms with Gasteiger partial charge in [0.1, 0.15) is 12.4 Å². The molecule has 9 heteroatoms. The Balaban J connectivity index is 1.48. The Morgan fingerprint density at radius 1 is 1.12 bits per heavy atom. The van der Waals surface area contributed by atoms with E-state index in [2.05, 4.69) is 12.2 Å². The summed E-state index contributed by atoms with van der Waals surface area (Å²) in [5.41, 5.74) is 1.80. The molecule has 174 valence electrons. The van der Waals surface area contributed by atoms with Gasteiger partial charge in [-0.25, -0.2) is 12.7 Å². The van der Waals surface area contributed by atoms with Crippen molar-refractivity contribution in [2.24, 2.45) is 5.92 Å². The van der Waals surface area contributed by atoms with Crippen LogP contribution in [0.15, 0.2) is 42.5 Å². The number of nitrogens with zero attached hydrogens (tertiary/aromatic N) is 1. The summed E-state index contributed by atoms with van der Waals surface area (Å²) in [4.78, 5) is 12.6. The zero-order valence-electron chi connectivity index (χ0n) is 18.0. The molecule has 0 aromatic heterocycles. The molecule has 1 fully saturated rings. The highest BCUT2D eigenvalue weighted by Gasteiger charge is 2.32. The maximum atomic E-state index is 12.9. The van der Waals surface area contributed by atoms with Gasteiger partial charge in [-0.15, -0.1) is 0 Å². The van der Waals surface area contributed by atoms with Crippen LogP contribution in [0, 0.1) is 5.92 Å². The number of rotatable bonds is 9. The third-order valence-electron chi connectivity index (χ3n) is 5.48. The molecule has 1 aliphatic rings. The van der Waals surface area contributed by atoms with Gasteiger partial charge in [-0.1, -0.05) is 48.3 Å². The van der Waals surface area contributed by atoms with E-state index in [9.17, 15) is 13.2 Å². The molecule has 2 aromatic carbocycles. The van der Waals surface area contributed by atoms with Gasteiger partial charge >= 0.3 is 0 Å². The fourth-order valence-electron chi connectivity index (χ4n) is 3.65. The van der Waals surface area contributed by atoms with Gasteiger partial charge in [-0.3, -0.25) is 4.79 Å². The van der Waals surface area contributed by atoms with E-state index >= 15 is 0 Å². The lowest BCUT2D eigenvalue weighted by molar-refractivity contribution is -0.126. The summed E-state index contributed by atoms with van der Waals surface area (Å²) in [7, 11) is -3.57. The number of piperidine rings is 1. The van der Waals surface area contributed by atoms with Crippen LogP contribution in [-0.2, 0) is 27.0 Å². The van der Waals surface area contributed by atoms with E-state index in [4.69, 9.17) is 27.9 Å². The Labute approximate surface area is 199 Å². The van der Waals surface area contributed by atoms with Crippen molar-refractivity contribution in [3.63, 3.8) is 0 Å². The molecule has 32 heavy (non-hydrogen) atoms. The van der Waals surface area contributed by atoms with Gasteiger partial charge in [-0.05, 0) is 54.7 Å². The first kappa shape index (κ1) is 24.8. The van der Waals surface area contributed by atoms with Crippen LogP contribution in [0.1, 0.15) is 30.9 Å². The number of hydrogen-bond acceptors (Lipinski definition) is 4. The minimum atomic E-state index is -3.57. The Morgan fingerprint density at radius 2 is 1.84 bits per heavy atom. The summed E-state index contributed by atoms with van der Waals surface area (Å²) in [5, 5.41) is 3.56. The summed E-state index contributed by atoms with van der Waals surface area (Å²) in [6.07, 6.45) is 2.26. The van der Waals surface area contributed by atoms with Crippen molar-refractivity contribution in [3.8, 4) is 5.75 Å². The molecule has 0 bridgehead atoms. The summed E-state index contributed by atoms with van der Waals surface area (Å²) >= 11 is 11.9. The highest BCUT2D eigenvalue weighted by molar-refractivity contribution is 7.88. The lowest BCUT2D eigenvalue weighted by atomic mass is 9.99. The van der Waals surface area contributed by atoms with Gasteiger partial charge in [-0.2, -0.15) is 0 Å². The highest BCUT2D eigenvalue weighted by Crippen LogP contribution is 2.26. The van der Waals surface area contributed by atoms with Gasteiger partial charge in [0.2, 0.25) is 15.9 Å². The first-order valence-electron chi connectivity index (χ1n) is 10.7. The number of ether oxygens (including phenoxy) is 1. The zero-order valence-corrected chi connectivity index (χ0v) is 20.3. The standard InChI is InChI=1S/C23H28Cl2N2O4S/c1-2-17-5-8-20(9-6-17)31-13-11-26-23(28)19-4-3-12-27(15-19)32(29,30)16-18-7-10-21(24)22(25)14-18/h5-10,14,19H,2-4,11-13,15-16H2,1H3,(H,26,28)/t19-/m0/s1. The van der Waals surface area contributed by atoms with Crippen LogP contribution in [0.5, 0.6) is 5.75 Å². The number of aryl methyl sites for hydroxylation is 1. The molecule has 1 N–H and O–H groups in total. The van der Waals surface area contributed by atoms with Crippen LogP contribution in [0.3, 0.4) is 0 Å². The van der Waals surface area contributed by atoms with Crippen LogP contribution in [0.4, 0.5) is 0 Å². The molecule has 0 spiro atoms. The van der Waals surface area contributed by atoms with Crippen LogP contribution < -0.4 is 10.1 Å². The third kappa shape index (κ3) is 6.85. The Morgan fingerprint density at radius 3 is 2.53 bits per heavy atom. The molecule has 1 atom stereocenters. The van der Waals surface area contributed by atoms with E-state index in [1.54, 1.807) is 18.2 Å². The van der Waals surface area contributed by atoms with Crippen LogP contribution in [0.2, 0.25) is 10.0 Å². The molecule has 0 unspecified atom stereocenters. The van der Waals surface area contributed by atoms with E-state index in [1.807, 2.05) is 24.3 Å². The maximum Gasteiger partial charge on any atom is 0.224 e. The summed E-state index contributed by atoms with van der Waals surface area (Å²) < 4.78 is 32.8. The van der Waals surface area contributed by atoms with Crippen molar-refractivity contribution in [3.05, 3.63) is 63.6 Å². The molecule has 0 radical (unpaired) electrons. The van der Waals surface area contributed by atoms with E-state index in [0.29, 0.717) is 48.1 Å². The van der Waals surface area contributed by atoms with Crippen LogP contribution >= 0.6 is 23.2 Å². The highest BCUT2D eigenvalue weighted by atomic mass is 35.5. The second-order valence-corrected chi connectivity index (χ2v) is 10.6. The average molecular weight is 499 g/mol. The van der Waals surface area contributed by atoms with E-state index in [1.165, 1.54) is 9.87 Å². The Bertz CT molecular complexity index is 1030. The van der Waals surface area contributed by atoms with Crippen molar-refractivity contribution in [2.45, 2.75) is 31.9 Å². The quantitative estimate of drug-likeness (QED) is 0.523. The average Bonchev–Trinajstić information content (AvgIpc) is 2.79. The van der Waals surface area contributed by atoms with Gasteiger partial charge in [0.15, 0.2) is 0 Å². The smallest absolute Gasteiger partial charge is 0.224 e. The Kier molecular flexibility index (Phi) is 8.82. The number of carbonyl (C=O) groups excluding carboxylic acids is 1. The number of halogens is 2. The van der Waals surface area contributed by atoms with E-state index < -0.39 is 10.0 Å². The topological polar surface area (TPSA) is 75.7 Å². The minimum Gasteiger partial charge on any atom is -0.492 e. The number of amides is 1. The Hall–Kier alpha value is -1.80. The molecule has 0 saturated carbocycles. The molecule has 1 amide bonds. The summed E-state index contributed by atoms with van der Waals surface area (Å²) in [5.74, 6) is 0.0531. The number of hydrogen-bond donors (Lipinski definition) is 1. The fraction of sp³-hybridized carbons (Fsp3) is 0.435. The monoisotopic (exact) mass is 498 g/mol.